The standard InChI is InChI=1S/C24H33N7O3S2/c1-16(2)27-21-20-15-26-31(22(20)29-24(28-21)35-17(3)4)14-11-25-23(32)18-7-9-19(10-8-18)36(33,34)30-12-5-6-13-30/h7-10,15-17H,5-6,11-14H2,1-4H3,(H,25,32)(H,27,28,29). The van der Waals surface area contributed by atoms with Crippen LogP contribution < -0.4 is 10.6 Å². The van der Waals surface area contributed by atoms with Crippen molar-refractivity contribution in [1.82, 2.24) is 29.4 Å². The highest BCUT2D eigenvalue weighted by Crippen LogP contribution is 2.27. The van der Waals surface area contributed by atoms with Gasteiger partial charge in [0.1, 0.15) is 5.82 Å². The van der Waals surface area contributed by atoms with E-state index in [-0.39, 0.29) is 16.8 Å². The van der Waals surface area contributed by atoms with Crippen molar-refractivity contribution in [3.8, 4) is 0 Å². The van der Waals surface area contributed by atoms with Gasteiger partial charge in [-0.25, -0.2) is 23.1 Å². The number of sulfonamides is 1. The number of carbonyl (C=O) groups excluding carboxylic acids is 1. The van der Waals surface area contributed by atoms with Crippen LogP contribution in [0.3, 0.4) is 0 Å². The van der Waals surface area contributed by atoms with Crippen LogP contribution in [0.2, 0.25) is 0 Å². The number of amides is 1. The lowest BCUT2D eigenvalue weighted by Crippen LogP contribution is -2.29. The van der Waals surface area contributed by atoms with Gasteiger partial charge in [-0.05, 0) is 51.0 Å². The molecule has 12 heteroatoms. The first-order valence-electron chi connectivity index (χ1n) is 12.2. The minimum Gasteiger partial charge on any atom is -0.367 e. The van der Waals surface area contributed by atoms with Gasteiger partial charge >= 0.3 is 0 Å². The summed E-state index contributed by atoms with van der Waals surface area (Å²) in [5.74, 6) is 0.474. The monoisotopic (exact) mass is 531 g/mol. The normalized spacial score (nSPS) is 14.7. The van der Waals surface area contributed by atoms with E-state index in [4.69, 9.17) is 4.98 Å². The van der Waals surface area contributed by atoms with Gasteiger partial charge in [0.25, 0.3) is 5.91 Å². The van der Waals surface area contributed by atoms with Gasteiger partial charge in [0, 0.05) is 36.5 Å². The predicted octanol–water partition coefficient (Wildman–Crippen LogP) is 3.36. The Hall–Kier alpha value is -2.70. The van der Waals surface area contributed by atoms with Crippen molar-refractivity contribution in [2.45, 2.75) is 68.4 Å². The molecular formula is C24H33N7O3S2. The molecule has 10 nitrogen and oxygen atoms in total. The van der Waals surface area contributed by atoms with Crippen LogP contribution in [0.1, 0.15) is 50.9 Å². The highest BCUT2D eigenvalue weighted by molar-refractivity contribution is 7.99. The van der Waals surface area contributed by atoms with Gasteiger partial charge in [-0.2, -0.15) is 9.40 Å². The first kappa shape index (κ1) is 26.4. The fraction of sp³-hybridized carbons (Fsp3) is 0.500. The number of nitrogens with one attached hydrogen (secondary N) is 2. The van der Waals surface area contributed by atoms with Crippen molar-refractivity contribution in [2.75, 3.05) is 25.0 Å². The van der Waals surface area contributed by atoms with E-state index in [1.165, 1.54) is 16.4 Å². The van der Waals surface area contributed by atoms with Gasteiger partial charge in [-0.15, -0.1) is 0 Å². The molecule has 0 aliphatic carbocycles. The molecule has 0 radical (unpaired) electrons. The van der Waals surface area contributed by atoms with Gasteiger partial charge in [0.15, 0.2) is 10.8 Å². The minimum atomic E-state index is -3.50. The molecule has 1 aliphatic heterocycles. The molecule has 0 bridgehead atoms. The number of anilines is 1. The highest BCUT2D eigenvalue weighted by Gasteiger charge is 2.27. The van der Waals surface area contributed by atoms with E-state index < -0.39 is 10.0 Å². The summed E-state index contributed by atoms with van der Waals surface area (Å²) in [4.78, 5) is 22.2. The van der Waals surface area contributed by atoms with Crippen LogP contribution in [0.25, 0.3) is 11.0 Å². The zero-order valence-corrected chi connectivity index (χ0v) is 22.7. The largest absolute Gasteiger partial charge is 0.367 e. The van der Waals surface area contributed by atoms with E-state index >= 15 is 0 Å². The smallest absolute Gasteiger partial charge is 0.251 e. The quantitative estimate of drug-likeness (QED) is 0.302. The number of aromatic nitrogens is 4. The van der Waals surface area contributed by atoms with Crippen molar-refractivity contribution in [1.29, 1.82) is 0 Å². The summed E-state index contributed by atoms with van der Waals surface area (Å²) in [7, 11) is -3.50. The van der Waals surface area contributed by atoms with Crippen LogP contribution in [-0.2, 0) is 16.6 Å². The third-order valence-electron chi connectivity index (χ3n) is 5.67. The SMILES string of the molecule is CC(C)Nc1nc(SC(C)C)nc2c1cnn2CCNC(=O)c1ccc(S(=O)(=O)N2CCCC2)cc1. The van der Waals surface area contributed by atoms with E-state index in [2.05, 4.69) is 48.4 Å². The maximum Gasteiger partial charge on any atom is 0.251 e. The maximum absolute atomic E-state index is 12.7. The molecule has 36 heavy (non-hydrogen) atoms. The lowest BCUT2D eigenvalue weighted by atomic mass is 10.2. The zero-order chi connectivity index (χ0) is 25.9. The third kappa shape index (κ3) is 5.98. The fourth-order valence-electron chi connectivity index (χ4n) is 3.98. The summed E-state index contributed by atoms with van der Waals surface area (Å²) in [6.45, 7) is 10.2. The Morgan fingerprint density at radius 3 is 2.42 bits per heavy atom. The van der Waals surface area contributed by atoms with Crippen LogP contribution >= 0.6 is 11.8 Å². The molecule has 1 aromatic carbocycles. The lowest BCUT2D eigenvalue weighted by Gasteiger charge is -2.15. The van der Waals surface area contributed by atoms with Gasteiger partial charge in [0.05, 0.1) is 23.0 Å². The molecule has 0 saturated carbocycles. The fourth-order valence-corrected chi connectivity index (χ4v) is 6.20. The molecule has 194 valence electrons. The molecule has 1 aliphatic rings. The predicted molar refractivity (Wildman–Crippen MR) is 142 cm³/mol. The molecule has 4 rings (SSSR count). The first-order valence-corrected chi connectivity index (χ1v) is 14.5. The maximum atomic E-state index is 12.7. The highest BCUT2D eigenvalue weighted by atomic mass is 32.2. The number of rotatable bonds is 10. The van der Waals surface area contributed by atoms with Crippen molar-refractivity contribution in [3.05, 3.63) is 36.0 Å². The Balaban J connectivity index is 1.43. The average molecular weight is 532 g/mol. The first-order chi connectivity index (χ1) is 17.1. The van der Waals surface area contributed by atoms with Gasteiger partial charge < -0.3 is 10.6 Å². The Morgan fingerprint density at radius 1 is 1.08 bits per heavy atom. The van der Waals surface area contributed by atoms with E-state index in [9.17, 15) is 13.2 Å². The Kier molecular flexibility index (Phi) is 8.16. The summed E-state index contributed by atoms with van der Waals surface area (Å²) >= 11 is 1.58. The van der Waals surface area contributed by atoms with Crippen LogP contribution in [0.5, 0.6) is 0 Å². The van der Waals surface area contributed by atoms with Crippen LogP contribution in [0.15, 0.2) is 40.5 Å². The topological polar surface area (TPSA) is 122 Å². The number of carbonyl (C=O) groups is 1. The second-order valence-electron chi connectivity index (χ2n) is 9.32. The third-order valence-corrected chi connectivity index (χ3v) is 8.45. The van der Waals surface area contributed by atoms with Gasteiger partial charge in [-0.1, -0.05) is 25.6 Å². The van der Waals surface area contributed by atoms with Crippen LogP contribution in [-0.4, -0.2) is 69.3 Å². The Labute approximate surface area is 216 Å². The summed E-state index contributed by atoms with van der Waals surface area (Å²) in [5.41, 5.74) is 1.11. The molecule has 3 heterocycles. The zero-order valence-electron chi connectivity index (χ0n) is 21.1. The molecule has 2 N–H and O–H groups in total. The number of thioether (sulfide) groups is 1. The molecule has 2 aromatic heterocycles. The summed E-state index contributed by atoms with van der Waals surface area (Å²) in [6.07, 6.45) is 3.50. The van der Waals surface area contributed by atoms with Crippen molar-refractivity contribution in [3.63, 3.8) is 0 Å². The number of hydrogen-bond acceptors (Lipinski definition) is 8. The molecule has 0 atom stereocenters. The van der Waals surface area contributed by atoms with E-state index in [0.29, 0.717) is 47.8 Å². The molecule has 1 fully saturated rings. The number of hydrogen-bond donors (Lipinski definition) is 2. The Morgan fingerprint density at radius 2 is 1.78 bits per heavy atom. The summed E-state index contributed by atoms with van der Waals surface area (Å²) < 4.78 is 28.6. The molecule has 1 amide bonds. The molecule has 1 saturated heterocycles. The van der Waals surface area contributed by atoms with Crippen molar-refractivity contribution >= 4 is 44.5 Å². The van der Waals surface area contributed by atoms with E-state index in [1.54, 1.807) is 34.8 Å². The molecular weight excluding hydrogens is 498 g/mol. The van der Waals surface area contributed by atoms with Crippen LogP contribution in [0.4, 0.5) is 5.82 Å². The van der Waals surface area contributed by atoms with Gasteiger partial charge in [0.2, 0.25) is 10.0 Å². The lowest BCUT2D eigenvalue weighted by molar-refractivity contribution is 0.0952. The van der Waals surface area contributed by atoms with E-state index in [1.807, 2.05) is 0 Å². The second-order valence-corrected chi connectivity index (χ2v) is 12.8. The van der Waals surface area contributed by atoms with Crippen molar-refractivity contribution < 1.29 is 13.2 Å². The summed E-state index contributed by atoms with van der Waals surface area (Å²) in [6, 6.07) is 6.30. The molecule has 3 aromatic rings. The minimum absolute atomic E-state index is 0.208. The van der Waals surface area contributed by atoms with E-state index in [0.717, 1.165) is 24.0 Å². The number of benzene rings is 1. The summed E-state index contributed by atoms with van der Waals surface area (Å²) in [5, 5.41) is 12.6. The molecule has 0 unspecified atom stereocenters. The molecule has 0 spiro atoms. The average Bonchev–Trinajstić information content (AvgIpc) is 3.50. The second kappa shape index (κ2) is 11.1. The van der Waals surface area contributed by atoms with Crippen LogP contribution in [0, 0.1) is 0 Å². The van der Waals surface area contributed by atoms with Crippen molar-refractivity contribution in [2.24, 2.45) is 0 Å². The number of fused-ring (bicyclic) bond motifs is 1. The number of nitrogens with zero attached hydrogens (tertiary/aromatic N) is 5. The van der Waals surface area contributed by atoms with Gasteiger partial charge in [-0.3, -0.25) is 4.79 Å². The Bertz CT molecular complexity index is 1320.